The van der Waals surface area contributed by atoms with E-state index >= 15 is 0 Å². The first-order valence-electron chi connectivity index (χ1n) is 11.7. The molecule has 30 heavy (non-hydrogen) atoms. The van der Waals surface area contributed by atoms with Gasteiger partial charge in [-0.15, -0.1) is 0 Å². The number of imidazole rings is 1. The summed E-state index contributed by atoms with van der Waals surface area (Å²) in [6.07, 6.45) is 12.4. The lowest BCUT2D eigenvalue weighted by atomic mass is 9.51. The average molecular weight is 406 g/mol. The second-order valence-electron chi connectivity index (χ2n) is 10.2. The van der Waals surface area contributed by atoms with Gasteiger partial charge in [-0.1, -0.05) is 24.3 Å². The Morgan fingerprint density at radius 3 is 2.53 bits per heavy atom. The molecule has 5 heteroatoms. The molecule has 2 aromatic rings. The number of hydrogen-bond acceptors (Lipinski definition) is 3. The second-order valence-corrected chi connectivity index (χ2v) is 10.2. The molecule has 5 aliphatic rings. The van der Waals surface area contributed by atoms with Gasteiger partial charge >= 0.3 is 0 Å². The van der Waals surface area contributed by atoms with Crippen molar-refractivity contribution in [2.75, 3.05) is 13.1 Å². The summed E-state index contributed by atoms with van der Waals surface area (Å²) in [6, 6.07) is 8.68. The fourth-order valence-electron chi connectivity index (χ4n) is 6.93. The van der Waals surface area contributed by atoms with Crippen molar-refractivity contribution in [3.8, 4) is 11.3 Å². The summed E-state index contributed by atoms with van der Waals surface area (Å²) in [4.78, 5) is 19.7. The Labute approximate surface area is 178 Å². The van der Waals surface area contributed by atoms with Crippen LogP contribution in [-0.4, -0.2) is 44.7 Å². The molecule has 3 aliphatic carbocycles. The first kappa shape index (κ1) is 18.6. The summed E-state index contributed by atoms with van der Waals surface area (Å²) in [5, 5.41) is 11.5. The van der Waals surface area contributed by atoms with Gasteiger partial charge in [0.2, 0.25) is 5.91 Å². The predicted octanol–water partition coefficient (Wildman–Crippen LogP) is 4.17. The fourth-order valence-corrected chi connectivity index (χ4v) is 6.93. The number of likely N-dealkylation sites (tertiary alicyclic amines) is 1. The molecule has 3 saturated carbocycles. The summed E-state index contributed by atoms with van der Waals surface area (Å²) in [5.74, 6) is 0.413. The molecule has 5 nitrogen and oxygen atoms in total. The van der Waals surface area contributed by atoms with Gasteiger partial charge in [-0.2, -0.15) is 0 Å². The maximum atomic E-state index is 13.2. The van der Waals surface area contributed by atoms with Crippen LogP contribution in [0.1, 0.15) is 69.4 Å². The van der Waals surface area contributed by atoms with E-state index in [2.05, 4.69) is 38.7 Å². The van der Waals surface area contributed by atoms with Crippen LogP contribution >= 0.6 is 0 Å². The molecule has 1 aromatic carbocycles. The smallest absolute Gasteiger partial charge is 0.228 e. The van der Waals surface area contributed by atoms with Gasteiger partial charge < -0.3 is 14.6 Å². The molecular formula is C25H31N3O2. The lowest BCUT2D eigenvalue weighted by Gasteiger charge is -2.55. The Balaban J connectivity index is 1.20. The average Bonchev–Trinajstić information content (AvgIpc) is 3.54. The number of carbonyl (C=O) groups excluding carboxylic acids is 1. The molecule has 1 amide bonds. The fraction of sp³-hybridized carbons (Fsp3) is 0.600. The summed E-state index contributed by atoms with van der Waals surface area (Å²) in [7, 11) is 0. The van der Waals surface area contributed by atoms with Crippen molar-refractivity contribution in [3.05, 3.63) is 42.4 Å². The summed E-state index contributed by atoms with van der Waals surface area (Å²) in [5.41, 5.74) is 3.54. The molecule has 2 atom stereocenters. The van der Waals surface area contributed by atoms with Crippen LogP contribution in [0.4, 0.5) is 0 Å². The number of aromatic nitrogens is 2. The molecule has 7 rings (SSSR count). The van der Waals surface area contributed by atoms with Gasteiger partial charge in [-0.3, -0.25) is 4.79 Å². The molecule has 1 saturated heterocycles. The minimum Gasteiger partial charge on any atom is -0.392 e. The van der Waals surface area contributed by atoms with Gasteiger partial charge in [0.05, 0.1) is 30.4 Å². The zero-order valence-corrected chi connectivity index (χ0v) is 17.6. The Morgan fingerprint density at radius 2 is 1.80 bits per heavy atom. The summed E-state index contributed by atoms with van der Waals surface area (Å²) in [6.45, 7) is 1.89. The number of nitrogens with zero attached hydrogens (tertiary/aromatic N) is 3. The zero-order chi connectivity index (χ0) is 20.3. The van der Waals surface area contributed by atoms with Gasteiger partial charge in [0, 0.05) is 24.1 Å². The Kier molecular flexibility index (Phi) is 4.14. The van der Waals surface area contributed by atoms with Gasteiger partial charge in [0.25, 0.3) is 0 Å². The molecular weight excluding hydrogens is 374 g/mol. The molecule has 0 spiro atoms. The van der Waals surface area contributed by atoms with E-state index in [1.807, 2.05) is 12.5 Å². The van der Waals surface area contributed by atoms with Gasteiger partial charge in [-0.05, 0) is 68.8 Å². The Bertz CT molecular complexity index is 950. The maximum Gasteiger partial charge on any atom is 0.228 e. The van der Waals surface area contributed by atoms with E-state index in [-0.39, 0.29) is 23.0 Å². The van der Waals surface area contributed by atoms with Crippen molar-refractivity contribution < 1.29 is 9.90 Å². The number of carbonyl (C=O) groups is 1. The third-order valence-corrected chi connectivity index (χ3v) is 8.90. The molecule has 0 radical (unpaired) electrons. The van der Waals surface area contributed by atoms with Crippen molar-refractivity contribution in [2.45, 2.75) is 69.9 Å². The zero-order valence-electron chi connectivity index (χ0n) is 17.6. The highest BCUT2D eigenvalue weighted by atomic mass is 16.3. The normalized spacial score (nSPS) is 32.8. The largest absolute Gasteiger partial charge is 0.392 e. The van der Waals surface area contributed by atoms with E-state index < -0.39 is 0 Å². The number of rotatable bonds is 4. The van der Waals surface area contributed by atoms with Crippen LogP contribution in [0.15, 0.2) is 36.8 Å². The highest BCUT2D eigenvalue weighted by Gasteiger charge is 2.56. The van der Waals surface area contributed by atoms with Crippen LogP contribution in [-0.2, 0) is 4.79 Å². The third-order valence-electron chi connectivity index (χ3n) is 8.90. The van der Waals surface area contributed by atoms with E-state index in [1.165, 1.54) is 11.1 Å². The van der Waals surface area contributed by atoms with E-state index in [1.54, 1.807) is 0 Å². The first-order valence-corrected chi connectivity index (χ1v) is 11.7. The highest BCUT2D eigenvalue weighted by molar-refractivity contribution is 5.83. The van der Waals surface area contributed by atoms with Crippen LogP contribution in [0.2, 0.25) is 0 Å². The lowest BCUT2D eigenvalue weighted by Crippen LogP contribution is -2.54. The first-order chi connectivity index (χ1) is 14.6. The second kappa shape index (κ2) is 6.68. The van der Waals surface area contributed by atoms with Crippen LogP contribution in [0.25, 0.3) is 11.3 Å². The number of aliphatic hydroxyl groups is 1. The summed E-state index contributed by atoms with van der Waals surface area (Å²) < 4.78 is 2.23. The number of amides is 1. The standard InChI is InChI=1S/C25H31N3O2/c29-22(15-20-18-5-1-2-6-19(18)21-16-26-17-28(20)21)24-7-10-25(11-8-24,12-9-24)23(30)27-13-3-4-14-27/h1-2,5-6,16-17,20,22,29H,3-4,7-15H2. The molecule has 3 heterocycles. The van der Waals surface area contributed by atoms with Crippen LogP contribution in [0.3, 0.4) is 0 Å². The molecule has 2 aliphatic heterocycles. The lowest BCUT2D eigenvalue weighted by molar-refractivity contribution is -0.157. The molecule has 1 N–H and O–H groups in total. The van der Waals surface area contributed by atoms with Crippen LogP contribution in [0, 0.1) is 10.8 Å². The molecule has 1 aromatic heterocycles. The Morgan fingerprint density at radius 1 is 1.10 bits per heavy atom. The summed E-state index contributed by atoms with van der Waals surface area (Å²) >= 11 is 0. The number of benzene rings is 1. The molecule has 158 valence electrons. The quantitative estimate of drug-likeness (QED) is 0.831. The van der Waals surface area contributed by atoms with E-state index in [0.717, 1.165) is 76.6 Å². The Hall–Kier alpha value is -2.14. The SMILES string of the molecule is O=C(N1CCCC1)C12CCC(C(O)CC3c4ccccc4-c4cncn43)(CC1)CC2. The van der Waals surface area contributed by atoms with E-state index in [4.69, 9.17) is 0 Å². The molecule has 4 fully saturated rings. The van der Waals surface area contributed by atoms with Crippen LogP contribution in [0.5, 0.6) is 0 Å². The number of fused-ring (bicyclic) bond motifs is 6. The van der Waals surface area contributed by atoms with Crippen molar-refractivity contribution in [1.29, 1.82) is 0 Å². The van der Waals surface area contributed by atoms with Gasteiger partial charge in [-0.25, -0.2) is 4.98 Å². The van der Waals surface area contributed by atoms with Gasteiger partial charge in [0.15, 0.2) is 0 Å². The minimum absolute atomic E-state index is 0.0225. The number of hydrogen-bond donors (Lipinski definition) is 1. The number of aliphatic hydroxyl groups excluding tert-OH is 1. The van der Waals surface area contributed by atoms with Crippen molar-refractivity contribution in [3.63, 3.8) is 0 Å². The highest BCUT2D eigenvalue weighted by Crippen LogP contribution is 2.60. The minimum atomic E-state index is -0.343. The third kappa shape index (κ3) is 2.57. The topological polar surface area (TPSA) is 58.4 Å². The van der Waals surface area contributed by atoms with Crippen molar-refractivity contribution >= 4 is 5.91 Å². The van der Waals surface area contributed by atoms with Gasteiger partial charge in [0.1, 0.15) is 0 Å². The van der Waals surface area contributed by atoms with E-state index in [0.29, 0.717) is 5.91 Å². The van der Waals surface area contributed by atoms with E-state index in [9.17, 15) is 9.90 Å². The maximum absolute atomic E-state index is 13.2. The monoisotopic (exact) mass is 405 g/mol. The van der Waals surface area contributed by atoms with Crippen molar-refractivity contribution in [1.82, 2.24) is 14.5 Å². The molecule has 2 bridgehead atoms. The van der Waals surface area contributed by atoms with Crippen molar-refractivity contribution in [2.24, 2.45) is 10.8 Å². The van der Waals surface area contributed by atoms with Crippen LogP contribution < -0.4 is 0 Å². The molecule has 2 unspecified atom stereocenters. The predicted molar refractivity (Wildman–Crippen MR) is 115 cm³/mol.